The minimum atomic E-state index is -0.291. The largest absolute Gasteiger partial charge is 0.368 e. The minimum Gasteiger partial charge on any atom is -0.368 e. The molecule has 18 heavy (non-hydrogen) atoms. The molecule has 3 heterocycles. The fourth-order valence-corrected chi connectivity index (χ4v) is 1.64. The lowest BCUT2D eigenvalue weighted by molar-refractivity contribution is 0.637. The maximum atomic E-state index is 11.2. The van der Waals surface area contributed by atoms with E-state index in [2.05, 4.69) is 25.6 Å². The van der Waals surface area contributed by atoms with Gasteiger partial charge in [-0.05, 0) is 6.07 Å². The average molecular weight is 245 g/mol. The summed E-state index contributed by atoms with van der Waals surface area (Å²) < 4.78 is 3.17. The van der Waals surface area contributed by atoms with Gasteiger partial charge in [0.2, 0.25) is 0 Å². The van der Waals surface area contributed by atoms with Gasteiger partial charge in [-0.1, -0.05) is 0 Å². The molecule has 0 unspecified atom stereocenters. The molecule has 92 valence electrons. The third-order valence-corrected chi connectivity index (χ3v) is 2.52. The Hall–Kier alpha value is -2.64. The van der Waals surface area contributed by atoms with E-state index in [1.165, 1.54) is 10.7 Å². The molecule has 0 atom stereocenters. The summed E-state index contributed by atoms with van der Waals surface area (Å²) in [5, 5.41) is 13.5. The molecule has 0 saturated carbocycles. The first-order valence-corrected chi connectivity index (χ1v) is 5.47. The third kappa shape index (κ3) is 1.95. The molecule has 0 aliphatic carbocycles. The Kier molecular flexibility index (Phi) is 2.52. The first kappa shape index (κ1) is 10.5. The van der Waals surface area contributed by atoms with E-state index in [-0.39, 0.29) is 5.69 Å². The third-order valence-electron chi connectivity index (χ3n) is 2.52. The highest BCUT2D eigenvalue weighted by molar-refractivity contribution is 5.48. The van der Waals surface area contributed by atoms with E-state index in [4.69, 9.17) is 0 Å². The molecule has 8 nitrogen and oxygen atoms in total. The molecule has 0 bridgehead atoms. The number of aromatic nitrogens is 6. The second-order valence-corrected chi connectivity index (χ2v) is 3.73. The fraction of sp³-hybridized carbons (Fsp3) is 0.200. The molecule has 0 aliphatic rings. The first-order valence-electron chi connectivity index (χ1n) is 5.47. The molecule has 8 heteroatoms. The van der Waals surface area contributed by atoms with Crippen molar-refractivity contribution in [3.63, 3.8) is 0 Å². The zero-order valence-electron chi connectivity index (χ0n) is 9.45. The quantitative estimate of drug-likeness (QED) is 0.659. The molecular weight excluding hydrogens is 234 g/mol. The SMILES string of the molecule is O=c1[nH]nc2cc(NCCn3cccn3)ncn12. The van der Waals surface area contributed by atoms with Gasteiger partial charge in [-0.25, -0.2) is 19.3 Å². The van der Waals surface area contributed by atoms with Crippen molar-refractivity contribution in [2.45, 2.75) is 6.54 Å². The Labute approximate surface area is 101 Å². The summed E-state index contributed by atoms with van der Waals surface area (Å²) in [5.74, 6) is 0.675. The van der Waals surface area contributed by atoms with Crippen molar-refractivity contribution in [3.05, 3.63) is 41.3 Å². The first-order chi connectivity index (χ1) is 8.83. The van der Waals surface area contributed by atoms with Crippen molar-refractivity contribution in [2.24, 2.45) is 0 Å². The molecule has 3 rings (SSSR count). The van der Waals surface area contributed by atoms with E-state index >= 15 is 0 Å². The average Bonchev–Trinajstić information content (AvgIpc) is 3.00. The zero-order valence-corrected chi connectivity index (χ0v) is 9.45. The maximum Gasteiger partial charge on any atom is 0.348 e. The van der Waals surface area contributed by atoms with E-state index in [1.54, 1.807) is 12.3 Å². The molecule has 0 saturated heterocycles. The van der Waals surface area contributed by atoms with Crippen LogP contribution in [0.5, 0.6) is 0 Å². The summed E-state index contributed by atoms with van der Waals surface area (Å²) in [6.45, 7) is 1.44. The van der Waals surface area contributed by atoms with Crippen molar-refractivity contribution in [1.29, 1.82) is 0 Å². The number of hydrogen-bond acceptors (Lipinski definition) is 5. The van der Waals surface area contributed by atoms with Gasteiger partial charge in [-0.2, -0.15) is 10.2 Å². The number of aromatic amines is 1. The summed E-state index contributed by atoms with van der Waals surface area (Å²) in [6.07, 6.45) is 5.07. The summed E-state index contributed by atoms with van der Waals surface area (Å²) in [7, 11) is 0. The lowest BCUT2D eigenvalue weighted by Gasteiger charge is -2.05. The number of anilines is 1. The number of H-pyrrole nitrogens is 1. The number of fused-ring (bicyclic) bond motifs is 1. The lowest BCUT2D eigenvalue weighted by atomic mass is 10.5. The molecule has 0 aromatic carbocycles. The monoisotopic (exact) mass is 245 g/mol. The molecule has 3 aromatic rings. The molecule has 0 radical (unpaired) electrons. The van der Waals surface area contributed by atoms with Crippen LogP contribution in [0.25, 0.3) is 5.65 Å². The standard InChI is InChI=1S/C10H11N7O/c18-10-15-14-9-6-8(12-7-17(9)10)11-3-5-16-4-1-2-13-16/h1-2,4,6-7,11H,3,5H2,(H,15,18). The highest BCUT2D eigenvalue weighted by atomic mass is 16.1. The highest BCUT2D eigenvalue weighted by Crippen LogP contribution is 2.03. The minimum absolute atomic E-state index is 0.291. The summed E-state index contributed by atoms with van der Waals surface area (Å²) in [6, 6.07) is 3.58. The van der Waals surface area contributed by atoms with E-state index < -0.39 is 0 Å². The van der Waals surface area contributed by atoms with Crippen molar-refractivity contribution >= 4 is 11.5 Å². The van der Waals surface area contributed by atoms with E-state index in [0.29, 0.717) is 18.0 Å². The predicted octanol–water partition coefficient (Wildman–Crippen LogP) is -0.274. The molecular formula is C10H11N7O. The molecule has 3 aromatic heterocycles. The van der Waals surface area contributed by atoms with Crippen LogP contribution >= 0.6 is 0 Å². The number of rotatable bonds is 4. The van der Waals surface area contributed by atoms with Gasteiger partial charge in [0.25, 0.3) is 0 Å². The smallest absolute Gasteiger partial charge is 0.348 e. The second kappa shape index (κ2) is 4.32. The summed E-state index contributed by atoms with van der Waals surface area (Å²) >= 11 is 0. The van der Waals surface area contributed by atoms with Gasteiger partial charge in [0.15, 0.2) is 5.65 Å². The van der Waals surface area contributed by atoms with Crippen LogP contribution in [0.15, 0.2) is 35.6 Å². The molecule has 0 fully saturated rings. The lowest BCUT2D eigenvalue weighted by Crippen LogP contribution is -2.13. The molecule has 0 aliphatic heterocycles. The summed E-state index contributed by atoms with van der Waals surface area (Å²) in [4.78, 5) is 15.4. The van der Waals surface area contributed by atoms with E-state index in [0.717, 1.165) is 6.54 Å². The van der Waals surface area contributed by atoms with E-state index in [9.17, 15) is 4.79 Å². The van der Waals surface area contributed by atoms with Crippen LogP contribution in [0.1, 0.15) is 0 Å². The maximum absolute atomic E-state index is 11.2. The van der Waals surface area contributed by atoms with Gasteiger partial charge in [0, 0.05) is 25.0 Å². The van der Waals surface area contributed by atoms with Crippen LogP contribution in [-0.2, 0) is 6.54 Å². The van der Waals surface area contributed by atoms with E-state index in [1.807, 2.05) is 16.9 Å². The molecule has 0 spiro atoms. The van der Waals surface area contributed by atoms with Crippen molar-refractivity contribution in [2.75, 3.05) is 11.9 Å². The van der Waals surface area contributed by atoms with Crippen LogP contribution in [0, 0.1) is 0 Å². The van der Waals surface area contributed by atoms with Crippen molar-refractivity contribution in [3.8, 4) is 0 Å². The Balaban J connectivity index is 1.69. The van der Waals surface area contributed by atoms with Crippen LogP contribution in [0.3, 0.4) is 0 Å². The molecule has 2 N–H and O–H groups in total. The second-order valence-electron chi connectivity index (χ2n) is 3.73. The predicted molar refractivity (Wildman–Crippen MR) is 64.3 cm³/mol. The van der Waals surface area contributed by atoms with Gasteiger partial charge in [-0.3, -0.25) is 4.68 Å². The van der Waals surface area contributed by atoms with Gasteiger partial charge in [0.1, 0.15) is 12.1 Å². The van der Waals surface area contributed by atoms with Gasteiger partial charge >= 0.3 is 5.69 Å². The Bertz CT molecular complexity index is 696. The van der Waals surface area contributed by atoms with Crippen molar-refractivity contribution < 1.29 is 0 Å². The van der Waals surface area contributed by atoms with Crippen LogP contribution < -0.4 is 11.0 Å². The summed E-state index contributed by atoms with van der Waals surface area (Å²) in [5.41, 5.74) is 0.247. The van der Waals surface area contributed by atoms with Gasteiger partial charge < -0.3 is 5.32 Å². The Morgan fingerprint density at radius 3 is 3.22 bits per heavy atom. The number of nitrogens with one attached hydrogen (secondary N) is 2. The fourth-order valence-electron chi connectivity index (χ4n) is 1.64. The topological polar surface area (TPSA) is 92.9 Å². The van der Waals surface area contributed by atoms with Gasteiger partial charge in [-0.15, -0.1) is 0 Å². The van der Waals surface area contributed by atoms with Crippen molar-refractivity contribution in [1.82, 2.24) is 29.4 Å². The van der Waals surface area contributed by atoms with Crippen LogP contribution in [-0.4, -0.2) is 35.9 Å². The normalized spacial score (nSPS) is 10.9. The van der Waals surface area contributed by atoms with Crippen LogP contribution in [0.4, 0.5) is 5.82 Å². The molecule has 0 amide bonds. The highest BCUT2D eigenvalue weighted by Gasteiger charge is 2.01. The number of hydrogen-bond donors (Lipinski definition) is 2. The van der Waals surface area contributed by atoms with Gasteiger partial charge in [0.05, 0.1) is 6.54 Å². The number of nitrogens with zero attached hydrogens (tertiary/aromatic N) is 5. The Morgan fingerprint density at radius 1 is 1.44 bits per heavy atom. The van der Waals surface area contributed by atoms with Crippen LogP contribution in [0.2, 0.25) is 0 Å². The zero-order chi connectivity index (χ0) is 12.4. The Morgan fingerprint density at radius 2 is 2.39 bits per heavy atom.